The van der Waals surface area contributed by atoms with Gasteiger partial charge in [-0.1, -0.05) is 37.5 Å². The summed E-state index contributed by atoms with van der Waals surface area (Å²) in [5, 5.41) is 16.3. The maximum atomic E-state index is 12.3. The van der Waals surface area contributed by atoms with Crippen LogP contribution in [-0.4, -0.2) is 36.8 Å². The van der Waals surface area contributed by atoms with Crippen molar-refractivity contribution in [2.75, 3.05) is 19.7 Å². The number of carbonyl (C=O) groups is 1. The van der Waals surface area contributed by atoms with Gasteiger partial charge in [0, 0.05) is 18.5 Å². The summed E-state index contributed by atoms with van der Waals surface area (Å²) in [7, 11) is 0. The van der Waals surface area contributed by atoms with Crippen LogP contribution < -0.4 is 15.4 Å². The second kappa shape index (κ2) is 8.49. The van der Waals surface area contributed by atoms with Crippen LogP contribution in [0.5, 0.6) is 5.75 Å². The molecule has 1 aliphatic carbocycles. The van der Waals surface area contributed by atoms with Crippen molar-refractivity contribution in [3.05, 3.63) is 29.8 Å². The minimum Gasteiger partial charge on any atom is -0.493 e. The van der Waals surface area contributed by atoms with Crippen molar-refractivity contribution in [1.29, 1.82) is 0 Å². The number of rotatable bonds is 6. The fourth-order valence-corrected chi connectivity index (χ4v) is 3.67. The molecule has 2 atom stereocenters. The number of ether oxygens (including phenoxy) is 1. The molecule has 0 radical (unpaired) electrons. The van der Waals surface area contributed by atoms with Gasteiger partial charge in [-0.05, 0) is 31.4 Å². The number of aliphatic hydroxyl groups is 1. The molecule has 1 saturated carbocycles. The van der Waals surface area contributed by atoms with Crippen molar-refractivity contribution in [2.45, 2.75) is 50.7 Å². The van der Waals surface area contributed by atoms with E-state index in [2.05, 4.69) is 10.6 Å². The third kappa shape index (κ3) is 4.48. The first-order chi connectivity index (χ1) is 11.7. The van der Waals surface area contributed by atoms with E-state index in [4.69, 9.17) is 4.74 Å². The Morgan fingerprint density at radius 3 is 2.83 bits per heavy atom. The predicted molar refractivity (Wildman–Crippen MR) is 92.9 cm³/mol. The fourth-order valence-electron chi connectivity index (χ4n) is 3.67. The van der Waals surface area contributed by atoms with E-state index in [9.17, 15) is 9.90 Å². The molecule has 3 N–H and O–H groups in total. The van der Waals surface area contributed by atoms with Crippen LogP contribution >= 0.6 is 0 Å². The lowest BCUT2D eigenvalue weighted by Crippen LogP contribution is -2.44. The number of hydrogen-bond acceptors (Lipinski definition) is 4. The summed E-state index contributed by atoms with van der Waals surface area (Å²) in [6.07, 6.45) is 6.18. The molecule has 5 nitrogen and oxygen atoms in total. The molecule has 1 amide bonds. The van der Waals surface area contributed by atoms with Crippen molar-refractivity contribution in [3.63, 3.8) is 0 Å². The zero-order chi connectivity index (χ0) is 16.8. The Labute approximate surface area is 143 Å². The normalized spacial score (nSPS) is 22.3. The Morgan fingerprint density at radius 1 is 1.21 bits per heavy atom. The number of hydrogen-bond donors (Lipinski definition) is 3. The Morgan fingerprint density at radius 2 is 2.00 bits per heavy atom. The van der Waals surface area contributed by atoms with E-state index in [1.165, 1.54) is 32.1 Å². The summed E-state index contributed by atoms with van der Waals surface area (Å²) in [4.78, 5) is 12.3. The second-order valence-electron chi connectivity index (χ2n) is 6.91. The average Bonchev–Trinajstić information content (AvgIpc) is 2.63. The third-order valence-corrected chi connectivity index (χ3v) is 5.07. The molecule has 0 spiro atoms. The largest absolute Gasteiger partial charge is 0.493 e. The summed E-state index contributed by atoms with van der Waals surface area (Å²) < 4.78 is 5.60. The number of aliphatic hydroxyl groups excluding tert-OH is 1. The van der Waals surface area contributed by atoms with Gasteiger partial charge in [0.2, 0.25) is 0 Å². The van der Waals surface area contributed by atoms with E-state index in [0.717, 1.165) is 24.3 Å². The quantitative estimate of drug-likeness (QED) is 0.746. The van der Waals surface area contributed by atoms with Crippen LogP contribution in [0.4, 0.5) is 0 Å². The number of fused-ring (bicyclic) bond motifs is 1. The van der Waals surface area contributed by atoms with Crippen molar-refractivity contribution < 1.29 is 14.6 Å². The van der Waals surface area contributed by atoms with Crippen molar-refractivity contribution in [3.8, 4) is 5.75 Å². The molecule has 0 bridgehead atoms. The molecule has 1 aromatic carbocycles. The van der Waals surface area contributed by atoms with Gasteiger partial charge in [-0.15, -0.1) is 0 Å². The van der Waals surface area contributed by atoms with Gasteiger partial charge in [0.15, 0.2) is 0 Å². The Hall–Kier alpha value is -1.59. The molecule has 2 aliphatic rings. The van der Waals surface area contributed by atoms with E-state index in [-0.39, 0.29) is 11.9 Å². The van der Waals surface area contributed by atoms with Gasteiger partial charge >= 0.3 is 0 Å². The lowest BCUT2D eigenvalue weighted by molar-refractivity contribution is -0.130. The Bertz CT molecular complexity index is 543. The van der Waals surface area contributed by atoms with Crippen LogP contribution in [-0.2, 0) is 4.79 Å². The Kier molecular flexibility index (Phi) is 6.10. The molecule has 5 heteroatoms. The van der Waals surface area contributed by atoms with Crippen LogP contribution in [0.15, 0.2) is 24.3 Å². The Balaban J connectivity index is 1.44. The number of amides is 1. The van der Waals surface area contributed by atoms with Gasteiger partial charge in [-0.25, -0.2) is 0 Å². The summed E-state index contributed by atoms with van der Waals surface area (Å²) >= 11 is 0. The van der Waals surface area contributed by atoms with Crippen LogP contribution in [0.2, 0.25) is 0 Å². The van der Waals surface area contributed by atoms with Crippen molar-refractivity contribution in [1.82, 2.24) is 10.6 Å². The van der Waals surface area contributed by atoms with Gasteiger partial charge in [0.05, 0.1) is 12.6 Å². The molecular formula is C19H28N2O3. The molecule has 1 heterocycles. The number of nitrogens with one attached hydrogen (secondary N) is 2. The first-order valence-electron chi connectivity index (χ1n) is 9.15. The summed E-state index contributed by atoms with van der Waals surface area (Å²) in [6.45, 7) is 1.79. The topological polar surface area (TPSA) is 70.6 Å². The maximum absolute atomic E-state index is 12.3. The second-order valence-corrected chi connectivity index (χ2v) is 6.91. The minimum atomic E-state index is -1.01. The van der Waals surface area contributed by atoms with Crippen LogP contribution in [0, 0.1) is 5.92 Å². The van der Waals surface area contributed by atoms with Gasteiger partial charge in [-0.2, -0.15) is 0 Å². The van der Waals surface area contributed by atoms with Gasteiger partial charge in [0.1, 0.15) is 11.9 Å². The molecular weight excluding hydrogens is 304 g/mol. The summed E-state index contributed by atoms with van der Waals surface area (Å²) in [6, 6.07) is 7.65. The zero-order valence-corrected chi connectivity index (χ0v) is 14.2. The maximum Gasteiger partial charge on any atom is 0.250 e. The summed E-state index contributed by atoms with van der Waals surface area (Å²) in [5.41, 5.74) is 0.986. The lowest BCUT2D eigenvalue weighted by atomic mass is 9.89. The number of para-hydroxylation sites is 1. The number of benzene rings is 1. The zero-order valence-electron chi connectivity index (χ0n) is 14.2. The highest BCUT2D eigenvalue weighted by Gasteiger charge is 2.25. The first kappa shape index (κ1) is 17.2. The van der Waals surface area contributed by atoms with E-state index >= 15 is 0 Å². The third-order valence-electron chi connectivity index (χ3n) is 5.07. The molecule has 2 unspecified atom stereocenters. The molecule has 132 valence electrons. The average molecular weight is 332 g/mol. The molecule has 1 aliphatic heterocycles. The van der Waals surface area contributed by atoms with E-state index < -0.39 is 6.10 Å². The predicted octanol–water partition coefficient (Wildman–Crippen LogP) is 2.16. The van der Waals surface area contributed by atoms with E-state index in [0.29, 0.717) is 19.1 Å². The molecule has 1 aromatic rings. The van der Waals surface area contributed by atoms with Gasteiger partial charge in [0.25, 0.3) is 5.91 Å². The standard InChI is InChI=1S/C19H28N2O3/c22-17(13-20-12-14-6-2-1-3-7-14)19(23)21-16-10-11-24-18-9-5-4-8-15(16)18/h4-5,8-9,14,16-17,20,22H,1-3,6-7,10-13H2,(H,21,23). The minimum absolute atomic E-state index is 0.0876. The molecule has 0 aromatic heterocycles. The fraction of sp³-hybridized carbons (Fsp3) is 0.632. The molecule has 3 rings (SSSR count). The highest BCUT2D eigenvalue weighted by molar-refractivity contribution is 5.81. The first-order valence-corrected chi connectivity index (χ1v) is 9.15. The van der Waals surface area contributed by atoms with Gasteiger partial charge in [-0.3, -0.25) is 4.79 Å². The summed E-state index contributed by atoms with van der Waals surface area (Å²) in [5.74, 6) is 1.20. The van der Waals surface area contributed by atoms with Crippen LogP contribution in [0.3, 0.4) is 0 Å². The van der Waals surface area contributed by atoms with Crippen molar-refractivity contribution >= 4 is 5.91 Å². The lowest BCUT2D eigenvalue weighted by Gasteiger charge is -2.27. The smallest absolute Gasteiger partial charge is 0.250 e. The highest BCUT2D eigenvalue weighted by Crippen LogP contribution is 2.31. The van der Waals surface area contributed by atoms with Crippen molar-refractivity contribution in [2.24, 2.45) is 5.92 Å². The SMILES string of the molecule is O=C(NC1CCOc2ccccc21)C(O)CNCC1CCCCC1. The number of carbonyl (C=O) groups excluding carboxylic acids is 1. The monoisotopic (exact) mass is 332 g/mol. The molecule has 0 saturated heterocycles. The van der Waals surface area contributed by atoms with Gasteiger partial charge < -0.3 is 20.5 Å². The van der Waals surface area contributed by atoms with Crippen LogP contribution in [0.25, 0.3) is 0 Å². The van der Waals surface area contributed by atoms with Crippen LogP contribution in [0.1, 0.15) is 50.1 Å². The molecule has 24 heavy (non-hydrogen) atoms. The highest BCUT2D eigenvalue weighted by atomic mass is 16.5. The van der Waals surface area contributed by atoms with E-state index in [1.54, 1.807) is 0 Å². The van der Waals surface area contributed by atoms with E-state index in [1.807, 2.05) is 24.3 Å². The molecule has 1 fully saturated rings.